The molecule has 0 atom stereocenters. The largest absolute Gasteiger partial charge is 0.456 e. The normalized spacial score (nSPS) is 11.9. The first-order valence-corrected chi connectivity index (χ1v) is 19.0. The molecule has 0 unspecified atom stereocenters. The van der Waals surface area contributed by atoms with E-state index < -0.39 is 0 Å². The topological polar surface area (TPSA) is 69.9 Å². The minimum atomic E-state index is 0.562. The first kappa shape index (κ1) is 31.5. The highest BCUT2D eigenvalue weighted by Crippen LogP contribution is 2.38. The molecule has 12 aromatic rings. The molecule has 0 aliphatic rings. The highest BCUT2D eigenvalue weighted by Gasteiger charge is 2.18. The Bertz CT molecular complexity index is 3530. The van der Waals surface area contributed by atoms with Crippen LogP contribution in [0.4, 0.5) is 0 Å². The Hall–Kier alpha value is -7.83. The highest BCUT2D eigenvalue weighted by atomic mass is 16.3. The second-order valence-electron chi connectivity index (χ2n) is 14.4. The van der Waals surface area contributed by atoms with E-state index in [2.05, 4.69) is 126 Å². The number of benzene rings is 8. The summed E-state index contributed by atoms with van der Waals surface area (Å²) < 4.78 is 15.2. The lowest BCUT2D eigenvalue weighted by Crippen LogP contribution is -2.00. The molecule has 0 radical (unpaired) electrons. The van der Waals surface area contributed by atoms with Crippen molar-refractivity contribution < 1.29 is 8.83 Å². The summed E-state index contributed by atoms with van der Waals surface area (Å²) in [6, 6.07) is 62.9. The highest BCUT2D eigenvalue weighted by molar-refractivity contribution is 6.11. The summed E-state index contributed by atoms with van der Waals surface area (Å²) in [6.07, 6.45) is 0. The fourth-order valence-corrected chi connectivity index (χ4v) is 8.32. The van der Waals surface area contributed by atoms with Crippen molar-refractivity contribution in [3.63, 3.8) is 0 Å². The third-order valence-corrected chi connectivity index (χ3v) is 11.1. The number of furan rings is 2. The van der Waals surface area contributed by atoms with Gasteiger partial charge in [0.05, 0.1) is 11.0 Å². The second-order valence-corrected chi connectivity index (χ2v) is 14.4. The maximum atomic E-state index is 6.66. The molecular formula is C51H30N4O2. The van der Waals surface area contributed by atoms with Crippen molar-refractivity contribution in [2.45, 2.75) is 0 Å². The Balaban J connectivity index is 0.977. The zero-order valence-corrected chi connectivity index (χ0v) is 30.4. The number of hydrogen-bond acceptors (Lipinski definition) is 5. The summed E-state index contributed by atoms with van der Waals surface area (Å²) in [5, 5.41) is 6.64. The van der Waals surface area contributed by atoms with Gasteiger partial charge in [-0.05, 0) is 71.8 Å². The van der Waals surface area contributed by atoms with E-state index in [0.29, 0.717) is 17.5 Å². The minimum absolute atomic E-state index is 0.562. The van der Waals surface area contributed by atoms with E-state index in [1.165, 1.54) is 21.9 Å². The van der Waals surface area contributed by atoms with Gasteiger partial charge in [0.15, 0.2) is 17.5 Å². The van der Waals surface area contributed by atoms with E-state index in [4.69, 9.17) is 23.8 Å². The van der Waals surface area contributed by atoms with E-state index in [1.54, 1.807) is 0 Å². The summed E-state index contributed by atoms with van der Waals surface area (Å²) in [7, 11) is 0. The molecule has 6 heteroatoms. The van der Waals surface area contributed by atoms with Crippen LogP contribution in [0.3, 0.4) is 0 Å². The van der Waals surface area contributed by atoms with Gasteiger partial charge in [-0.1, -0.05) is 115 Å². The molecule has 0 saturated heterocycles. The predicted octanol–water partition coefficient (Wildman–Crippen LogP) is 13.4. The van der Waals surface area contributed by atoms with Gasteiger partial charge in [0, 0.05) is 60.8 Å². The molecule has 0 N–H and O–H groups in total. The maximum Gasteiger partial charge on any atom is 0.164 e. The molecule has 57 heavy (non-hydrogen) atoms. The Morgan fingerprint density at radius 3 is 1.49 bits per heavy atom. The zero-order valence-electron chi connectivity index (χ0n) is 30.4. The second kappa shape index (κ2) is 12.3. The third kappa shape index (κ3) is 5.08. The fraction of sp³-hybridized carbons (Fsp3) is 0. The van der Waals surface area contributed by atoms with Crippen LogP contribution >= 0.6 is 0 Å². The third-order valence-electron chi connectivity index (χ3n) is 11.1. The van der Waals surface area contributed by atoms with Gasteiger partial charge in [-0.25, -0.2) is 15.0 Å². The van der Waals surface area contributed by atoms with Crippen molar-refractivity contribution >= 4 is 65.7 Å². The van der Waals surface area contributed by atoms with Crippen LogP contribution in [0, 0.1) is 0 Å². The summed E-state index contributed by atoms with van der Waals surface area (Å²) >= 11 is 0. The molecule has 8 aromatic carbocycles. The molecule has 4 heterocycles. The number of aromatic nitrogens is 4. The van der Waals surface area contributed by atoms with E-state index in [-0.39, 0.29) is 0 Å². The van der Waals surface area contributed by atoms with E-state index in [1.807, 2.05) is 60.7 Å². The average Bonchev–Trinajstić information content (AvgIpc) is 3.95. The molecule has 0 aliphatic heterocycles. The van der Waals surface area contributed by atoms with Crippen LogP contribution in [0.5, 0.6) is 0 Å². The Labute approximate surface area is 325 Å². The van der Waals surface area contributed by atoms with Crippen LogP contribution in [0.2, 0.25) is 0 Å². The average molecular weight is 731 g/mol. The van der Waals surface area contributed by atoms with Crippen molar-refractivity contribution in [3.05, 3.63) is 182 Å². The van der Waals surface area contributed by atoms with Crippen molar-refractivity contribution in [3.8, 4) is 51.0 Å². The predicted molar refractivity (Wildman–Crippen MR) is 230 cm³/mol. The molecule has 0 bridgehead atoms. The summed E-state index contributed by atoms with van der Waals surface area (Å²) in [5.41, 5.74) is 11.5. The molecule has 0 fully saturated rings. The number of rotatable bonds is 5. The lowest BCUT2D eigenvalue weighted by Gasteiger charge is -2.08. The van der Waals surface area contributed by atoms with Gasteiger partial charge in [-0.15, -0.1) is 0 Å². The van der Waals surface area contributed by atoms with Gasteiger partial charge in [0.25, 0.3) is 0 Å². The molecule has 0 amide bonds. The standard InChI is InChI=1S/C51H30N4O2/c1-3-11-31(12-4-1)33-21-26-44-42(27-33)37-15-7-9-17-43(37)55(44)36-22-25-41-40-24-20-35(29-47(40)57-48(41)30-36)51-53-49(32-13-5-2-6-14-32)52-50(54-51)34-19-23-39-38-16-8-10-18-45(38)56-46(39)28-34/h1-30H. The van der Waals surface area contributed by atoms with Crippen molar-refractivity contribution in [2.75, 3.05) is 0 Å². The first-order chi connectivity index (χ1) is 28.2. The molecule has 0 aliphatic carbocycles. The van der Waals surface area contributed by atoms with Gasteiger partial charge < -0.3 is 13.4 Å². The molecule has 0 spiro atoms. The van der Waals surface area contributed by atoms with Crippen LogP contribution in [-0.4, -0.2) is 19.5 Å². The smallest absolute Gasteiger partial charge is 0.164 e. The molecule has 4 aromatic heterocycles. The van der Waals surface area contributed by atoms with Crippen LogP contribution in [0.15, 0.2) is 191 Å². The summed E-state index contributed by atoms with van der Waals surface area (Å²) in [4.78, 5) is 15.0. The molecular weight excluding hydrogens is 701 g/mol. The number of nitrogens with zero attached hydrogens (tertiary/aromatic N) is 4. The molecule has 12 rings (SSSR count). The van der Waals surface area contributed by atoms with E-state index in [0.717, 1.165) is 77.3 Å². The van der Waals surface area contributed by atoms with Gasteiger partial charge >= 0.3 is 0 Å². The number of hydrogen-bond donors (Lipinski definition) is 0. The maximum absolute atomic E-state index is 6.66. The van der Waals surface area contributed by atoms with Crippen molar-refractivity contribution in [1.29, 1.82) is 0 Å². The number of para-hydroxylation sites is 2. The summed E-state index contributed by atoms with van der Waals surface area (Å²) in [6.45, 7) is 0. The number of fused-ring (bicyclic) bond motifs is 9. The van der Waals surface area contributed by atoms with Gasteiger partial charge in [-0.2, -0.15) is 0 Å². The Kier molecular flexibility index (Phi) is 6.83. The lowest BCUT2D eigenvalue weighted by atomic mass is 10.0. The Morgan fingerprint density at radius 2 is 0.789 bits per heavy atom. The quantitative estimate of drug-likeness (QED) is 0.176. The van der Waals surface area contributed by atoms with Crippen molar-refractivity contribution in [1.82, 2.24) is 19.5 Å². The Morgan fingerprint density at radius 1 is 0.298 bits per heavy atom. The monoisotopic (exact) mass is 730 g/mol. The lowest BCUT2D eigenvalue weighted by molar-refractivity contribution is 0.668. The van der Waals surface area contributed by atoms with Gasteiger partial charge in [0.2, 0.25) is 0 Å². The van der Waals surface area contributed by atoms with Crippen LogP contribution in [0.1, 0.15) is 0 Å². The van der Waals surface area contributed by atoms with E-state index >= 15 is 0 Å². The summed E-state index contributed by atoms with van der Waals surface area (Å²) in [5.74, 6) is 1.72. The molecule has 0 saturated carbocycles. The molecule has 266 valence electrons. The van der Waals surface area contributed by atoms with Crippen LogP contribution < -0.4 is 0 Å². The SMILES string of the molecule is c1ccc(-c2ccc3c(c2)c2ccccc2n3-c2ccc3c(c2)oc2cc(-c4nc(-c5ccccc5)nc(-c5ccc6c(c5)oc5ccccc56)n4)ccc23)cc1. The van der Waals surface area contributed by atoms with Crippen LogP contribution in [0.25, 0.3) is 117 Å². The van der Waals surface area contributed by atoms with Crippen LogP contribution in [-0.2, 0) is 0 Å². The first-order valence-electron chi connectivity index (χ1n) is 19.0. The van der Waals surface area contributed by atoms with E-state index in [9.17, 15) is 0 Å². The zero-order chi connectivity index (χ0) is 37.5. The fourth-order valence-electron chi connectivity index (χ4n) is 8.32. The van der Waals surface area contributed by atoms with Gasteiger partial charge in [0.1, 0.15) is 22.3 Å². The molecule has 6 nitrogen and oxygen atoms in total. The van der Waals surface area contributed by atoms with Crippen molar-refractivity contribution in [2.24, 2.45) is 0 Å². The minimum Gasteiger partial charge on any atom is -0.456 e. The van der Waals surface area contributed by atoms with Gasteiger partial charge in [-0.3, -0.25) is 0 Å².